The van der Waals surface area contributed by atoms with Crippen molar-refractivity contribution in [3.8, 4) is 11.1 Å². The number of nitrogens with one attached hydrogen (secondary N) is 2. The van der Waals surface area contributed by atoms with Crippen LogP contribution >= 0.6 is 0 Å². The third-order valence-electron chi connectivity index (χ3n) is 4.85. The maximum absolute atomic E-state index is 12.6. The van der Waals surface area contributed by atoms with Crippen molar-refractivity contribution in [3.05, 3.63) is 48.3 Å². The van der Waals surface area contributed by atoms with Crippen LogP contribution in [0.1, 0.15) is 18.5 Å². The lowest BCUT2D eigenvalue weighted by Gasteiger charge is -2.22. The fraction of sp³-hybridized carbons (Fsp3) is 0.316. The lowest BCUT2D eigenvalue weighted by molar-refractivity contribution is 0.522. The molecule has 0 unspecified atom stereocenters. The zero-order chi connectivity index (χ0) is 19.0. The molecule has 1 saturated heterocycles. The first kappa shape index (κ1) is 18.3. The highest BCUT2D eigenvalue weighted by molar-refractivity contribution is 7.89. The van der Waals surface area contributed by atoms with E-state index in [4.69, 9.17) is 0 Å². The molecule has 0 aliphatic carbocycles. The number of sulfonamides is 1. The molecule has 1 aliphatic rings. The number of benzene rings is 1. The van der Waals surface area contributed by atoms with Crippen molar-refractivity contribution in [2.45, 2.75) is 30.7 Å². The van der Waals surface area contributed by atoms with Gasteiger partial charge < -0.3 is 4.98 Å². The monoisotopic (exact) mass is 403 g/mol. The maximum atomic E-state index is 12.6. The minimum absolute atomic E-state index is 0.143. The topological polar surface area (TPSA) is 91.9 Å². The number of hydrogen-bond donors (Lipinski definition) is 2. The summed E-state index contributed by atoms with van der Waals surface area (Å²) in [6.45, 7) is 1.98. The van der Waals surface area contributed by atoms with Gasteiger partial charge in [0.1, 0.15) is 5.65 Å². The van der Waals surface area contributed by atoms with E-state index in [9.17, 15) is 12.6 Å². The van der Waals surface area contributed by atoms with E-state index >= 15 is 0 Å². The van der Waals surface area contributed by atoms with Gasteiger partial charge in [-0.3, -0.25) is 4.21 Å². The molecule has 0 saturated carbocycles. The summed E-state index contributed by atoms with van der Waals surface area (Å²) in [5.41, 5.74) is 3.80. The SMILES string of the molecule is Cc1cc2c(-c3ccc(S(=O)(=O)NC4CCS(=O)CC4)cc3)ccnc2[nH]1. The van der Waals surface area contributed by atoms with Crippen molar-refractivity contribution in [1.29, 1.82) is 0 Å². The molecule has 1 aromatic carbocycles. The standard InChI is InChI=1S/C19H21N3O3S2/c1-13-12-18-17(6-9-20-19(18)21-13)14-2-4-16(5-3-14)27(24,25)22-15-7-10-26(23)11-8-15/h2-6,9,12,15,22H,7-8,10-11H2,1H3,(H,20,21). The van der Waals surface area contributed by atoms with Crippen molar-refractivity contribution < 1.29 is 12.6 Å². The lowest BCUT2D eigenvalue weighted by Crippen LogP contribution is -2.39. The summed E-state index contributed by atoms with van der Waals surface area (Å²) < 4.78 is 39.5. The van der Waals surface area contributed by atoms with E-state index in [1.165, 1.54) is 0 Å². The number of aromatic nitrogens is 2. The third kappa shape index (κ3) is 3.83. The first-order chi connectivity index (χ1) is 12.9. The summed E-state index contributed by atoms with van der Waals surface area (Å²) in [5.74, 6) is 1.11. The number of H-pyrrole nitrogens is 1. The number of fused-ring (bicyclic) bond motifs is 1. The Bertz CT molecular complexity index is 1090. The van der Waals surface area contributed by atoms with Gasteiger partial charge in [0.05, 0.1) is 4.90 Å². The van der Waals surface area contributed by atoms with Crippen molar-refractivity contribution in [1.82, 2.24) is 14.7 Å². The summed E-state index contributed by atoms with van der Waals surface area (Å²) in [6.07, 6.45) is 2.98. The van der Waals surface area contributed by atoms with Gasteiger partial charge in [-0.1, -0.05) is 12.1 Å². The molecular formula is C19H21N3O3S2. The molecule has 0 radical (unpaired) electrons. The first-order valence-corrected chi connectivity index (χ1v) is 11.8. The lowest BCUT2D eigenvalue weighted by atomic mass is 10.0. The Morgan fingerprint density at radius 1 is 1.15 bits per heavy atom. The molecule has 0 spiro atoms. The zero-order valence-electron chi connectivity index (χ0n) is 14.9. The highest BCUT2D eigenvalue weighted by atomic mass is 32.2. The van der Waals surface area contributed by atoms with Gasteiger partial charge >= 0.3 is 0 Å². The Morgan fingerprint density at radius 2 is 1.85 bits per heavy atom. The second-order valence-corrected chi connectivity index (χ2v) is 10.3. The van der Waals surface area contributed by atoms with E-state index in [0.717, 1.165) is 27.9 Å². The number of hydrogen-bond acceptors (Lipinski definition) is 4. The van der Waals surface area contributed by atoms with Gasteiger partial charge in [-0.05, 0) is 55.2 Å². The second-order valence-electron chi connectivity index (χ2n) is 6.84. The molecule has 142 valence electrons. The van der Waals surface area contributed by atoms with Crippen LogP contribution in [0.2, 0.25) is 0 Å². The predicted molar refractivity (Wildman–Crippen MR) is 107 cm³/mol. The van der Waals surface area contributed by atoms with Gasteiger partial charge in [0, 0.05) is 45.6 Å². The molecule has 1 aliphatic heterocycles. The minimum Gasteiger partial charge on any atom is -0.344 e. The molecule has 0 amide bonds. The van der Waals surface area contributed by atoms with E-state index in [2.05, 4.69) is 14.7 Å². The van der Waals surface area contributed by atoms with Crippen LogP contribution in [0.5, 0.6) is 0 Å². The van der Waals surface area contributed by atoms with Crippen molar-refractivity contribution in [2.75, 3.05) is 11.5 Å². The van der Waals surface area contributed by atoms with Gasteiger partial charge in [-0.2, -0.15) is 0 Å². The van der Waals surface area contributed by atoms with E-state index in [1.807, 2.05) is 31.2 Å². The van der Waals surface area contributed by atoms with Crippen molar-refractivity contribution in [2.24, 2.45) is 0 Å². The van der Waals surface area contributed by atoms with Gasteiger partial charge in [-0.15, -0.1) is 0 Å². The highest BCUT2D eigenvalue weighted by Crippen LogP contribution is 2.29. The van der Waals surface area contributed by atoms with Crippen LogP contribution in [-0.2, 0) is 20.8 Å². The van der Waals surface area contributed by atoms with Crippen LogP contribution < -0.4 is 4.72 Å². The summed E-state index contributed by atoms with van der Waals surface area (Å²) in [6, 6.07) is 10.7. The van der Waals surface area contributed by atoms with Gasteiger partial charge in [-0.25, -0.2) is 18.1 Å². The maximum Gasteiger partial charge on any atom is 0.240 e. The Morgan fingerprint density at radius 3 is 2.56 bits per heavy atom. The van der Waals surface area contributed by atoms with E-state index in [0.29, 0.717) is 24.3 Å². The normalized spacial score (nSPS) is 20.8. The average molecular weight is 404 g/mol. The molecule has 3 heterocycles. The van der Waals surface area contributed by atoms with Crippen LogP contribution in [0.4, 0.5) is 0 Å². The van der Waals surface area contributed by atoms with Crippen LogP contribution in [0, 0.1) is 6.92 Å². The predicted octanol–water partition coefficient (Wildman–Crippen LogP) is 2.73. The molecule has 0 atom stereocenters. The number of aryl methyl sites for hydroxylation is 1. The van der Waals surface area contributed by atoms with Crippen LogP contribution in [0.25, 0.3) is 22.2 Å². The smallest absolute Gasteiger partial charge is 0.240 e. The number of pyridine rings is 1. The number of rotatable bonds is 4. The number of nitrogens with zero attached hydrogens (tertiary/aromatic N) is 1. The van der Waals surface area contributed by atoms with Crippen LogP contribution in [0.3, 0.4) is 0 Å². The fourth-order valence-electron chi connectivity index (χ4n) is 3.42. The molecule has 27 heavy (non-hydrogen) atoms. The highest BCUT2D eigenvalue weighted by Gasteiger charge is 2.24. The summed E-state index contributed by atoms with van der Waals surface area (Å²) >= 11 is 0. The zero-order valence-corrected chi connectivity index (χ0v) is 16.6. The molecule has 6 nitrogen and oxygen atoms in total. The van der Waals surface area contributed by atoms with Crippen molar-refractivity contribution >= 4 is 31.9 Å². The Labute approximate surface area is 160 Å². The molecule has 4 rings (SSSR count). The molecule has 0 bridgehead atoms. The molecule has 1 fully saturated rings. The van der Waals surface area contributed by atoms with Gasteiger partial charge in [0.2, 0.25) is 10.0 Å². The quantitative estimate of drug-likeness (QED) is 0.701. The van der Waals surface area contributed by atoms with Gasteiger partial charge in [0.15, 0.2) is 0 Å². The minimum atomic E-state index is -3.58. The Kier molecular flexibility index (Phi) is 4.88. The summed E-state index contributed by atoms with van der Waals surface area (Å²) in [4.78, 5) is 7.79. The van der Waals surface area contributed by atoms with Gasteiger partial charge in [0.25, 0.3) is 0 Å². The molecule has 3 aromatic rings. The van der Waals surface area contributed by atoms with Crippen LogP contribution in [-0.4, -0.2) is 40.1 Å². The second kappa shape index (κ2) is 7.18. The van der Waals surface area contributed by atoms with E-state index in [1.54, 1.807) is 18.3 Å². The molecule has 8 heteroatoms. The summed E-state index contributed by atoms with van der Waals surface area (Å²) in [5, 5.41) is 1.01. The molecule has 2 N–H and O–H groups in total. The Hall–Kier alpha value is -2.03. The van der Waals surface area contributed by atoms with Crippen LogP contribution in [0.15, 0.2) is 47.5 Å². The molecule has 2 aromatic heterocycles. The number of aromatic amines is 1. The van der Waals surface area contributed by atoms with E-state index in [-0.39, 0.29) is 10.9 Å². The molecular weight excluding hydrogens is 382 g/mol. The third-order valence-corrected chi connectivity index (χ3v) is 7.77. The Balaban J connectivity index is 1.59. The van der Waals surface area contributed by atoms with E-state index < -0.39 is 20.8 Å². The fourth-order valence-corrected chi connectivity index (χ4v) is 6.03. The average Bonchev–Trinajstić information content (AvgIpc) is 3.04. The summed E-state index contributed by atoms with van der Waals surface area (Å²) in [7, 11) is -4.39. The largest absolute Gasteiger partial charge is 0.344 e. The first-order valence-electron chi connectivity index (χ1n) is 8.84. The van der Waals surface area contributed by atoms with Crippen molar-refractivity contribution in [3.63, 3.8) is 0 Å².